The van der Waals surface area contributed by atoms with Gasteiger partial charge in [0.15, 0.2) is 18.1 Å². The fourth-order valence-corrected chi connectivity index (χ4v) is 3.84. The molecule has 5 nitrogen and oxygen atoms in total. The quantitative estimate of drug-likeness (QED) is 0.752. The van der Waals surface area contributed by atoms with Gasteiger partial charge in [0.25, 0.3) is 5.91 Å². The molecule has 132 valence electrons. The lowest BCUT2D eigenvalue weighted by Gasteiger charge is -2.23. The largest absolute Gasteiger partial charge is 0.327 e. The SMILES string of the molecule is O=C(C[NH+]1CCCCC1)Nc1ccc2c(c1)C(=O)c1ccccc1C2=O. The molecule has 0 spiro atoms. The van der Waals surface area contributed by atoms with Crippen molar-refractivity contribution in [2.24, 2.45) is 0 Å². The molecule has 26 heavy (non-hydrogen) atoms. The van der Waals surface area contributed by atoms with Crippen LogP contribution in [0.2, 0.25) is 0 Å². The average molecular weight is 349 g/mol. The summed E-state index contributed by atoms with van der Waals surface area (Å²) < 4.78 is 0. The van der Waals surface area contributed by atoms with Gasteiger partial charge in [0.1, 0.15) is 0 Å². The molecular formula is C21H21N2O3+. The van der Waals surface area contributed by atoms with Crippen LogP contribution in [0.4, 0.5) is 5.69 Å². The van der Waals surface area contributed by atoms with E-state index in [-0.39, 0.29) is 17.5 Å². The predicted octanol–water partition coefficient (Wildman–Crippen LogP) is 1.47. The van der Waals surface area contributed by atoms with Crippen molar-refractivity contribution in [2.45, 2.75) is 19.3 Å². The maximum atomic E-state index is 12.7. The summed E-state index contributed by atoms with van der Waals surface area (Å²) in [5, 5.41) is 2.88. The molecule has 1 aliphatic heterocycles. The van der Waals surface area contributed by atoms with Gasteiger partial charge >= 0.3 is 0 Å². The van der Waals surface area contributed by atoms with Crippen LogP contribution in [0.3, 0.4) is 0 Å². The fraction of sp³-hybridized carbons (Fsp3) is 0.286. The van der Waals surface area contributed by atoms with E-state index >= 15 is 0 Å². The van der Waals surface area contributed by atoms with Crippen LogP contribution in [0, 0.1) is 0 Å². The van der Waals surface area contributed by atoms with Gasteiger partial charge in [-0.15, -0.1) is 0 Å². The molecular weight excluding hydrogens is 328 g/mol. The van der Waals surface area contributed by atoms with Crippen LogP contribution < -0.4 is 10.2 Å². The Morgan fingerprint density at radius 1 is 0.846 bits per heavy atom. The number of nitrogens with one attached hydrogen (secondary N) is 2. The van der Waals surface area contributed by atoms with E-state index in [0.717, 1.165) is 25.9 Å². The van der Waals surface area contributed by atoms with Crippen molar-refractivity contribution in [3.05, 3.63) is 64.7 Å². The lowest BCUT2D eigenvalue weighted by Crippen LogP contribution is -3.13. The number of benzene rings is 2. The van der Waals surface area contributed by atoms with E-state index in [2.05, 4.69) is 5.32 Å². The van der Waals surface area contributed by atoms with Crippen LogP contribution in [0.1, 0.15) is 51.1 Å². The highest BCUT2D eigenvalue weighted by Gasteiger charge is 2.29. The Kier molecular flexibility index (Phi) is 4.39. The summed E-state index contributed by atoms with van der Waals surface area (Å²) in [6.45, 7) is 2.50. The summed E-state index contributed by atoms with van der Waals surface area (Å²) >= 11 is 0. The minimum atomic E-state index is -0.173. The maximum absolute atomic E-state index is 12.7. The van der Waals surface area contributed by atoms with Crippen molar-refractivity contribution in [1.82, 2.24) is 0 Å². The maximum Gasteiger partial charge on any atom is 0.279 e. The summed E-state index contributed by atoms with van der Waals surface area (Å²) in [5.74, 6) is -0.379. The number of anilines is 1. The highest BCUT2D eigenvalue weighted by Crippen LogP contribution is 2.29. The molecule has 1 amide bonds. The van der Waals surface area contributed by atoms with Crippen LogP contribution in [0.25, 0.3) is 0 Å². The lowest BCUT2D eigenvalue weighted by atomic mass is 9.84. The average Bonchev–Trinajstić information content (AvgIpc) is 2.67. The van der Waals surface area contributed by atoms with E-state index in [9.17, 15) is 14.4 Å². The first kappa shape index (κ1) is 16.7. The first-order valence-corrected chi connectivity index (χ1v) is 9.09. The Balaban J connectivity index is 1.54. The van der Waals surface area contributed by atoms with Gasteiger partial charge in [0.05, 0.1) is 13.1 Å². The highest BCUT2D eigenvalue weighted by molar-refractivity contribution is 6.28. The Morgan fingerprint density at radius 3 is 2.15 bits per heavy atom. The zero-order valence-corrected chi connectivity index (χ0v) is 14.5. The molecule has 2 aliphatic rings. The molecule has 2 N–H and O–H groups in total. The molecule has 1 aliphatic carbocycles. The van der Waals surface area contributed by atoms with E-state index in [1.807, 2.05) is 0 Å². The van der Waals surface area contributed by atoms with Crippen molar-refractivity contribution >= 4 is 23.2 Å². The summed E-state index contributed by atoms with van der Waals surface area (Å²) in [7, 11) is 0. The number of hydrogen-bond donors (Lipinski definition) is 2. The summed E-state index contributed by atoms with van der Waals surface area (Å²) in [6, 6.07) is 11.8. The van der Waals surface area contributed by atoms with E-state index in [1.54, 1.807) is 42.5 Å². The minimum Gasteiger partial charge on any atom is -0.327 e. The van der Waals surface area contributed by atoms with Crippen molar-refractivity contribution in [2.75, 3.05) is 25.0 Å². The van der Waals surface area contributed by atoms with Crippen LogP contribution >= 0.6 is 0 Å². The third kappa shape index (κ3) is 3.06. The van der Waals surface area contributed by atoms with Gasteiger partial charge in [0.2, 0.25) is 0 Å². The number of carbonyl (C=O) groups is 3. The molecule has 4 rings (SSSR count). The number of hydrogen-bond acceptors (Lipinski definition) is 3. The van der Waals surface area contributed by atoms with Gasteiger partial charge in [-0.1, -0.05) is 24.3 Å². The zero-order valence-electron chi connectivity index (χ0n) is 14.5. The van der Waals surface area contributed by atoms with Crippen LogP contribution in [0.15, 0.2) is 42.5 Å². The summed E-state index contributed by atoms with van der Waals surface area (Å²) in [5.41, 5.74) is 2.18. The van der Waals surface area contributed by atoms with Gasteiger partial charge in [-0.2, -0.15) is 0 Å². The molecule has 1 heterocycles. The minimum absolute atomic E-state index is 0.0585. The molecule has 0 radical (unpaired) electrons. The van der Waals surface area contributed by atoms with E-state index in [4.69, 9.17) is 0 Å². The topological polar surface area (TPSA) is 67.7 Å². The smallest absolute Gasteiger partial charge is 0.279 e. The van der Waals surface area contributed by atoms with Gasteiger partial charge in [0, 0.05) is 27.9 Å². The molecule has 1 fully saturated rings. The Bertz CT molecular complexity index is 898. The Labute approximate surface area is 152 Å². The Morgan fingerprint density at radius 2 is 1.46 bits per heavy atom. The first-order valence-electron chi connectivity index (χ1n) is 9.09. The van der Waals surface area contributed by atoms with E-state index in [0.29, 0.717) is 34.5 Å². The summed E-state index contributed by atoms with van der Waals surface area (Å²) in [6.07, 6.45) is 3.57. The molecule has 1 saturated heterocycles. The van der Waals surface area contributed by atoms with Gasteiger partial charge in [-0.3, -0.25) is 14.4 Å². The van der Waals surface area contributed by atoms with Crippen LogP contribution in [0.5, 0.6) is 0 Å². The molecule has 0 atom stereocenters. The number of rotatable bonds is 3. The number of amides is 1. The number of likely N-dealkylation sites (tertiary alicyclic amines) is 1. The molecule has 5 heteroatoms. The second kappa shape index (κ2) is 6.84. The number of ketones is 2. The molecule has 0 aromatic heterocycles. The molecule has 2 aromatic carbocycles. The number of piperidine rings is 1. The molecule has 0 saturated carbocycles. The number of quaternary nitrogens is 1. The van der Waals surface area contributed by atoms with Crippen molar-refractivity contribution in [3.8, 4) is 0 Å². The third-order valence-electron chi connectivity index (χ3n) is 5.18. The molecule has 2 aromatic rings. The normalized spacial score (nSPS) is 16.8. The van der Waals surface area contributed by atoms with Gasteiger partial charge in [-0.05, 0) is 37.5 Å². The molecule has 0 unspecified atom stereocenters. The van der Waals surface area contributed by atoms with Crippen LogP contribution in [-0.2, 0) is 4.79 Å². The first-order chi connectivity index (χ1) is 12.6. The van der Waals surface area contributed by atoms with E-state index < -0.39 is 0 Å². The van der Waals surface area contributed by atoms with Gasteiger partial charge in [-0.25, -0.2) is 0 Å². The standard InChI is InChI=1S/C21H20N2O3/c24-19(13-23-10-4-1-5-11-23)22-14-8-9-17-18(12-14)21(26)16-7-3-2-6-15(16)20(17)25/h2-3,6-9,12H,1,4-5,10-11,13H2,(H,22,24)/p+1. The highest BCUT2D eigenvalue weighted by atomic mass is 16.2. The third-order valence-corrected chi connectivity index (χ3v) is 5.18. The summed E-state index contributed by atoms with van der Waals surface area (Å²) in [4.78, 5) is 39.0. The van der Waals surface area contributed by atoms with Gasteiger partial charge < -0.3 is 10.2 Å². The Hall–Kier alpha value is -2.79. The van der Waals surface area contributed by atoms with Crippen LogP contribution in [-0.4, -0.2) is 37.1 Å². The molecule has 0 bridgehead atoms. The van der Waals surface area contributed by atoms with E-state index in [1.165, 1.54) is 11.3 Å². The second-order valence-corrected chi connectivity index (χ2v) is 7.00. The lowest BCUT2D eigenvalue weighted by molar-refractivity contribution is -0.896. The van der Waals surface area contributed by atoms with Crippen molar-refractivity contribution < 1.29 is 19.3 Å². The number of carbonyl (C=O) groups excluding carboxylic acids is 3. The second-order valence-electron chi connectivity index (χ2n) is 7.00. The zero-order chi connectivity index (χ0) is 18.1. The predicted molar refractivity (Wildman–Crippen MR) is 97.8 cm³/mol. The van der Waals surface area contributed by atoms with Crippen molar-refractivity contribution in [3.63, 3.8) is 0 Å². The van der Waals surface area contributed by atoms with Crippen molar-refractivity contribution in [1.29, 1.82) is 0 Å². The fourth-order valence-electron chi connectivity index (χ4n) is 3.84. The number of fused-ring (bicyclic) bond motifs is 2. The monoisotopic (exact) mass is 349 g/mol.